The van der Waals surface area contributed by atoms with Crippen LogP contribution in [-0.2, 0) is 18.0 Å². The minimum Gasteiger partial charge on any atom is -0.372 e. The van der Waals surface area contributed by atoms with Crippen molar-refractivity contribution in [2.75, 3.05) is 0 Å². The average Bonchev–Trinajstić information content (AvgIpc) is 2.60. The van der Waals surface area contributed by atoms with Gasteiger partial charge in [-0.15, -0.1) is 0 Å². The SMILES string of the molecule is Oc1ccc(O)cc1.[NaH].c1ccc(COCc2ccccc2)cc1. The van der Waals surface area contributed by atoms with Gasteiger partial charge >= 0.3 is 29.6 Å². The summed E-state index contributed by atoms with van der Waals surface area (Å²) in [6.45, 7) is 1.35. The van der Waals surface area contributed by atoms with Crippen molar-refractivity contribution in [2.24, 2.45) is 0 Å². The summed E-state index contributed by atoms with van der Waals surface area (Å²) in [5.41, 5.74) is 2.43. The summed E-state index contributed by atoms with van der Waals surface area (Å²) < 4.78 is 5.61. The number of hydrogen-bond acceptors (Lipinski definition) is 3. The number of aromatic hydroxyl groups is 2. The molecule has 0 unspecified atom stereocenters. The molecule has 0 saturated heterocycles. The van der Waals surface area contributed by atoms with E-state index in [4.69, 9.17) is 14.9 Å². The molecule has 120 valence electrons. The predicted octanol–water partition coefficient (Wildman–Crippen LogP) is 3.85. The molecule has 0 aromatic heterocycles. The fourth-order valence-electron chi connectivity index (χ4n) is 1.89. The van der Waals surface area contributed by atoms with Gasteiger partial charge in [0.25, 0.3) is 0 Å². The Bertz CT molecular complexity index is 610. The summed E-state index contributed by atoms with van der Waals surface area (Å²) in [7, 11) is 0. The van der Waals surface area contributed by atoms with Crippen molar-refractivity contribution in [3.63, 3.8) is 0 Å². The minimum absolute atomic E-state index is 0. The van der Waals surface area contributed by atoms with Crippen molar-refractivity contribution in [3.8, 4) is 11.5 Å². The van der Waals surface area contributed by atoms with Gasteiger partial charge in [0.05, 0.1) is 13.2 Å². The van der Waals surface area contributed by atoms with E-state index < -0.39 is 0 Å². The Morgan fingerprint density at radius 2 is 0.875 bits per heavy atom. The first kappa shape index (κ1) is 20.3. The smallest absolute Gasteiger partial charge is 0.0721 e. The fraction of sp³-hybridized carbons (Fsp3) is 0.100. The number of hydrogen-bond donors (Lipinski definition) is 2. The normalized spacial score (nSPS) is 9.33. The van der Waals surface area contributed by atoms with Crippen molar-refractivity contribution in [2.45, 2.75) is 13.2 Å². The zero-order valence-corrected chi connectivity index (χ0v) is 12.8. The monoisotopic (exact) mass is 332 g/mol. The summed E-state index contributed by atoms with van der Waals surface area (Å²) in [6, 6.07) is 26.1. The summed E-state index contributed by atoms with van der Waals surface area (Å²) in [4.78, 5) is 0. The summed E-state index contributed by atoms with van der Waals surface area (Å²) in [6.07, 6.45) is 0. The second kappa shape index (κ2) is 11.7. The van der Waals surface area contributed by atoms with E-state index >= 15 is 0 Å². The molecule has 3 nitrogen and oxygen atoms in total. The Labute approximate surface area is 164 Å². The molecule has 0 atom stereocenters. The van der Waals surface area contributed by atoms with Gasteiger partial charge in [-0.2, -0.15) is 0 Å². The van der Waals surface area contributed by atoms with E-state index in [0.29, 0.717) is 13.2 Å². The molecule has 24 heavy (non-hydrogen) atoms. The van der Waals surface area contributed by atoms with Crippen molar-refractivity contribution in [1.82, 2.24) is 0 Å². The van der Waals surface area contributed by atoms with Crippen LogP contribution >= 0.6 is 0 Å². The van der Waals surface area contributed by atoms with E-state index in [1.165, 1.54) is 35.4 Å². The van der Waals surface area contributed by atoms with E-state index in [0.717, 1.165) is 0 Å². The largest absolute Gasteiger partial charge is 0.372 e. The van der Waals surface area contributed by atoms with Crippen LogP contribution < -0.4 is 0 Å². The molecule has 3 rings (SSSR count). The van der Waals surface area contributed by atoms with E-state index in [1.807, 2.05) is 36.4 Å². The molecule has 0 radical (unpaired) electrons. The summed E-state index contributed by atoms with van der Waals surface area (Å²) in [5.74, 6) is 0.339. The molecule has 0 amide bonds. The molecule has 0 heterocycles. The van der Waals surface area contributed by atoms with Crippen LogP contribution in [0.1, 0.15) is 11.1 Å². The van der Waals surface area contributed by atoms with Crippen LogP contribution in [-0.4, -0.2) is 39.8 Å². The van der Waals surface area contributed by atoms with Crippen LogP contribution in [0.4, 0.5) is 0 Å². The van der Waals surface area contributed by atoms with Gasteiger partial charge in [-0.25, -0.2) is 0 Å². The minimum atomic E-state index is 0. The van der Waals surface area contributed by atoms with Crippen molar-refractivity contribution in [3.05, 3.63) is 96.1 Å². The Morgan fingerprint density at radius 1 is 0.542 bits per heavy atom. The van der Waals surface area contributed by atoms with Gasteiger partial charge in [0, 0.05) is 0 Å². The first-order valence-corrected chi connectivity index (χ1v) is 7.37. The number of phenols is 2. The Hall–Kier alpha value is -1.78. The standard InChI is InChI=1S/C14H14O.C6H6O2.Na.H/c1-3-7-13(8-4-1)11-15-12-14-9-5-2-6-10-14;7-5-1-2-6(8)4-3-5;;/h1-10H,11-12H2;1-4,7-8H;;. The Kier molecular flexibility index (Phi) is 9.89. The molecule has 3 aromatic rings. The molecule has 0 bridgehead atoms. The molecule has 0 spiro atoms. The van der Waals surface area contributed by atoms with Gasteiger partial charge in [0.2, 0.25) is 0 Å². The van der Waals surface area contributed by atoms with Gasteiger partial charge in [0.1, 0.15) is 11.5 Å². The topological polar surface area (TPSA) is 49.7 Å². The second-order valence-electron chi connectivity index (χ2n) is 4.98. The molecule has 0 aliphatic carbocycles. The third kappa shape index (κ3) is 8.18. The van der Waals surface area contributed by atoms with Gasteiger partial charge < -0.3 is 14.9 Å². The van der Waals surface area contributed by atoms with Gasteiger partial charge in [-0.05, 0) is 35.4 Å². The third-order valence-corrected chi connectivity index (χ3v) is 3.07. The maximum Gasteiger partial charge on any atom is 0.0721 e. The fourth-order valence-corrected chi connectivity index (χ4v) is 1.89. The maximum atomic E-state index is 8.65. The molecule has 0 aliphatic heterocycles. The second-order valence-corrected chi connectivity index (χ2v) is 4.98. The molecular weight excluding hydrogens is 311 g/mol. The third-order valence-electron chi connectivity index (χ3n) is 3.07. The van der Waals surface area contributed by atoms with Crippen molar-refractivity contribution in [1.29, 1.82) is 0 Å². The van der Waals surface area contributed by atoms with Crippen LogP contribution in [0, 0.1) is 0 Å². The maximum absolute atomic E-state index is 8.65. The number of benzene rings is 3. The Balaban J connectivity index is 0.000000273. The van der Waals surface area contributed by atoms with E-state index in [2.05, 4.69) is 24.3 Å². The van der Waals surface area contributed by atoms with E-state index in [-0.39, 0.29) is 41.1 Å². The molecule has 3 aromatic carbocycles. The average molecular weight is 332 g/mol. The summed E-state index contributed by atoms with van der Waals surface area (Å²) in [5, 5.41) is 17.3. The van der Waals surface area contributed by atoms with Crippen LogP contribution in [0.2, 0.25) is 0 Å². The molecule has 0 saturated carbocycles. The molecule has 4 heteroatoms. The van der Waals surface area contributed by atoms with Crippen LogP contribution in [0.15, 0.2) is 84.9 Å². The predicted molar refractivity (Wildman–Crippen MR) is 98.3 cm³/mol. The zero-order chi connectivity index (χ0) is 16.3. The van der Waals surface area contributed by atoms with E-state index in [1.54, 1.807) is 0 Å². The van der Waals surface area contributed by atoms with E-state index in [9.17, 15) is 0 Å². The van der Waals surface area contributed by atoms with Crippen LogP contribution in [0.3, 0.4) is 0 Å². The quantitative estimate of drug-likeness (QED) is 0.563. The Morgan fingerprint density at radius 3 is 1.21 bits per heavy atom. The van der Waals surface area contributed by atoms with Crippen LogP contribution in [0.5, 0.6) is 11.5 Å². The molecular formula is C20H21NaO3. The zero-order valence-electron chi connectivity index (χ0n) is 12.8. The van der Waals surface area contributed by atoms with Crippen LogP contribution in [0.25, 0.3) is 0 Å². The first-order chi connectivity index (χ1) is 11.2. The van der Waals surface area contributed by atoms with Gasteiger partial charge in [0.15, 0.2) is 0 Å². The number of phenolic OH excluding ortho intramolecular Hbond substituents is 2. The molecule has 0 aliphatic rings. The van der Waals surface area contributed by atoms with Crippen molar-refractivity contribution < 1.29 is 14.9 Å². The van der Waals surface area contributed by atoms with Crippen molar-refractivity contribution >= 4 is 29.6 Å². The first-order valence-electron chi connectivity index (χ1n) is 7.37. The number of rotatable bonds is 4. The number of ether oxygens (including phenoxy) is 1. The van der Waals surface area contributed by atoms with Gasteiger partial charge in [-0.3, -0.25) is 0 Å². The molecule has 2 N–H and O–H groups in total. The summed E-state index contributed by atoms with van der Waals surface area (Å²) >= 11 is 0. The van der Waals surface area contributed by atoms with Gasteiger partial charge in [-0.1, -0.05) is 60.7 Å². The molecule has 0 fully saturated rings.